The van der Waals surface area contributed by atoms with E-state index < -0.39 is 5.41 Å². The van der Waals surface area contributed by atoms with Crippen molar-refractivity contribution in [3.8, 4) is 5.75 Å². The smallest absolute Gasteiger partial charge is 0.313 e. The third kappa shape index (κ3) is 3.43. The van der Waals surface area contributed by atoms with Crippen LogP contribution in [0.15, 0.2) is 59.1 Å². The fraction of sp³-hybridized carbons (Fsp3) is 0.348. The number of carbonyl (C=O) groups is 1. The van der Waals surface area contributed by atoms with E-state index >= 15 is 0 Å². The Balaban J connectivity index is 1.50. The lowest BCUT2D eigenvalue weighted by molar-refractivity contribution is -0.146. The van der Waals surface area contributed by atoms with Gasteiger partial charge in [0.05, 0.1) is 16.5 Å². The molecule has 1 aliphatic heterocycles. The predicted molar refractivity (Wildman–Crippen MR) is 109 cm³/mol. The van der Waals surface area contributed by atoms with E-state index in [0.29, 0.717) is 19.6 Å². The molecule has 2 aromatic carbocycles. The number of benzene rings is 2. The number of carbonyl (C=O) groups excluding carboxylic acids is 1. The number of hydrogen-bond acceptors (Lipinski definition) is 3. The highest BCUT2D eigenvalue weighted by atomic mass is 79.9. The van der Waals surface area contributed by atoms with Crippen LogP contribution in [0.2, 0.25) is 0 Å². The number of hydrogen-bond donors (Lipinski definition) is 0. The summed E-state index contributed by atoms with van der Waals surface area (Å²) in [6.07, 6.45) is 2.32. The molecule has 0 amide bonds. The summed E-state index contributed by atoms with van der Waals surface area (Å²) in [5.74, 6) is 0.997. The molecule has 1 aliphatic carbocycles. The van der Waals surface area contributed by atoms with E-state index in [1.54, 1.807) is 0 Å². The minimum atomic E-state index is -0.431. The zero-order valence-electron chi connectivity index (χ0n) is 15.5. The molecule has 2 unspecified atom stereocenters. The maximum Gasteiger partial charge on any atom is 0.313 e. The predicted octanol–water partition coefficient (Wildman–Crippen LogP) is 5.39. The van der Waals surface area contributed by atoms with Crippen LogP contribution in [0.4, 0.5) is 0 Å². The second kappa shape index (κ2) is 7.16. The van der Waals surface area contributed by atoms with Gasteiger partial charge in [-0.15, -0.1) is 0 Å². The first kappa shape index (κ1) is 18.3. The summed E-state index contributed by atoms with van der Waals surface area (Å²) in [7, 11) is 0. The van der Waals surface area contributed by atoms with Crippen LogP contribution >= 0.6 is 15.9 Å². The molecule has 0 spiro atoms. The largest absolute Gasteiger partial charge is 0.488 e. The molecular weight excluding hydrogens is 404 g/mol. The topological polar surface area (TPSA) is 35.5 Å². The van der Waals surface area contributed by atoms with Crippen molar-refractivity contribution in [3.05, 3.63) is 75.8 Å². The Kier molecular flexibility index (Phi) is 4.85. The third-order valence-corrected chi connectivity index (χ3v) is 6.48. The Labute approximate surface area is 168 Å². The van der Waals surface area contributed by atoms with Crippen LogP contribution in [0.25, 0.3) is 0 Å². The van der Waals surface area contributed by atoms with Crippen LogP contribution in [0.1, 0.15) is 29.5 Å². The molecule has 2 fully saturated rings. The molecule has 0 radical (unpaired) electrons. The van der Waals surface area contributed by atoms with Crippen LogP contribution < -0.4 is 4.74 Å². The van der Waals surface area contributed by atoms with Crippen LogP contribution in [0.3, 0.4) is 0 Å². The van der Waals surface area contributed by atoms with Crippen LogP contribution in [-0.2, 0) is 22.6 Å². The van der Waals surface area contributed by atoms with Crippen molar-refractivity contribution in [2.24, 2.45) is 11.3 Å². The molecule has 3 nitrogen and oxygen atoms in total. The van der Waals surface area contributed by atoms with Gasteiger partial charge in [-0.3, -0.25) is 4.79 Å². The monoisotopic (exact) mass is 426 g/mol. The van der Waals surface area contributed by atoms with Gasteiger partial charge in [0.2, 0.25) is 0 Å². The van der Waals surface area contributed by atoms with Crippen molar-refractivity contribution in [3.63, 3.8) is 0 Å². The molecule has 4 heteroatoms. The second-order valence-corrected chi connectivity index (χ2v) is 8.59. The maximum atomic E-state index is 12.5. The lowest BCUT2D eigenvalue weighted by Gasteiger charge is -2.24. The summed E-state index contributed by atoms with van der Waals surface area (Å²) in [5, 5.41) is 0. The second-order valence-electron chi connectivity index (χ2n) is 7.74. The van der Waals surface area contributed by atoms with E-state index in [1.807, 2.05) is 18.2 Å². The Morgan fingerprint density at radius 3 is 2.89 bits per heavy atom. The molecule has 2 aromatic rings. The Hall–Kier alpha value is -2.07. The summed E-state index contributed by atoms with van der Waals surface area (Å²) in [5.41, 5.74) is 4.24. The normalized spacial score (nSPS) is 24.0. The van der Waals surface area contributed by atoms with E-state index in [-0.39, 0.29) is 11.9 Å². The van der Waals surface area contributed by atoms with Crippen molar-refractivity contribution in [1.29, 1.82) is 0 Å². The first-order valence-corrected chi connectivity index (χ1v) is 10.1. The van der Waals surface area contributed by atoms with Crippen molar-refractivity contribution >= 4 is 21.9 Å². The molecule has 0 aromatic heterocycles. The van der Waals surface area contributed by atoms with Gasteiger partial charge in [-0.05, 0) is 70.9 Å². The molecule has 2 atom stereocenters. The molecule has 1 saturated heterocycles. The van der Waals surface area contributed by atoms with Gasteiger partial charge in [0, 0.05) is 5.92 Å². The molecule has 4 rings (SSSR count). The summed E-state index contributed by atoms with van der Waals surface area (Å²) < 4.78 is 12.3. The lowest BCUT2D eigenvalue weighted by Crippen LogP contribution is -2.31. The number of aryl methyl sites for hydroxylation is 1. The van der Waals surface area contributed by atoms with Gasteiger partial charge >= 0.3 is 5.97 Å². The number of fused-ring (bicyclic) bond motifs is 1. The summed E-state index contributed by atoms with van der Waals surface area (Å²) >= 11 is 3.63. The van der Waals surface area contributed by atoms with Crippen molar-refractivity contribution in [1.82, 2.24) is 0 Å². The molecule has 2 aliphatic rings. The Bertz CT molecular complexity index is 904. The molecule has 140 valence electrons. The fourth-order valence-electron chi connectivity index (χ4n) is 4.33. The zero-order valence-corrected chi connectivity index (χ0v) is 17.1. The van der Waals surface area contributed by atoms with Crippen LogP contribution in [-0.4, -0.2) is 12.6 Å². The van der Waals surface area contributed by atoms with Crippen LogP contribution in [0.5, 0.6) is 5.75 Å². The SMILES string of the molecule is C=C1CC2COC(=O)C2(Cc2ccc(OCc3ccccc3C)c(Br)c2)C1. The highest BCUT2D eigenvalue weighted by molar-refractivity contribution is 9.10. The van der Waals surface area contributed by atoms with Gasteiger partial charge in [-0.2, -0.15) is 0 Å². The van der Waals surface area contributed by atoms with Crippen molar-refractivity contribution in [2.45, 2.75) is 32.8 Å². The summed E-state index contributed by atoms with van der Waals surface area (Å²) in [4.78, 5) is 12.5. The van der Waals surface area contributed by atoms with E-state index in [0.717, 1.165) is 34.2 Å². The highest BCUT2D eigenvalue weighted by Crippen LogP contribution is 2.52. The van der Waals surface area contributed by atoms with E-state index in [1.165, 1.54) is 11.1 Å². The minimum Gasteiger partial charge on any atom is -0.488 e. The highest BCUT2D eigenvalue weighted by Gasteiger charge is 2.55. The number of ether oxygens (including phenoxy) is 2. The van der Waals surface area contributed by atoms with Gasteiger partial charge < -0.3 is 9.47 Å². The molecule has 0 bridgehead atoms. The number of rotatable bonds is 5. The van der Waals surface area contributed by atoms with E-state index in [9.17, 15) is 4.79 Å². The standard InChI is InChI=1S/C23H23BrO3/c1-15-9-19-14-27-22(25)23(19,11-15)12-17-7-8-21(20(24)10-17)26-13-18-6-4-3-5-16(18)2/h3-8,10,19H,1,9,11-14H2,2H3. The van der Waals surface area contributed by atoms with Gasteiger partial charge in [-0.25, -0.2) is 0 Å². The number of cyclic esters (lactones) is 1. The molecule has 27 heavy (non-hydrogen) atoms. The zero-order chi connectivity index (χ0) is 19.0. The molecule has 1 saturated carbocycles. The van der Waals surface area contributed by atoms with Crippen molar-refractivity contribution < 1.29 is 14.3 Å². The average molecular weight is 427 g/mol. The van der Waals surface area contributed by atoms with Crippen LogP contribution in [0, 0.1) is 18.3 Å². The summed E-state index contributed by atoms with van der Waals surface area (Å²) in [6, 6.07) is 14.3. The minimum absolute atomic E-state index is 0.0675. The Morgan fingerprint density at radius 2 is 2.11 bits per heavy atom. The maximum absolute atomic E-state index is 12.5. The van der Waals surface area contributed by atoms with Crippen molar-refractivity contribution in [2.75, 3.05) is 6.61 Å². The molecular formula is C23H23BrO3. The first-order chi connectivity index (χ1) is 13.0. The Morgan fingerprint density at radius 1 is 1.30 bits per heavy atom. The fourth-order valence-corrected chi connectivity index (χ4v) is 4.87. The van der Waals surface area contributed by atoms with E-state index in [4.69, 9.17) is 9.47 Å². The van der Waals surface area contributed by atoms with Gasteiger partial charge in [0.25, 0.3) is 0 Å². The molecule has 0 N–H and O–H groups in total. The number of halogens is 1. The molecule has 1 heterocycles. The third-order valence-electron chi connectivity index (χ3n) is 5.86. The average Bonchev–Trinajstić information content (AvgIpc) is 3.10. The summed E-state index contributed by atoms with van der Waals surface area (Å²) in [6.45, 7) is 7.25. The quantitative estimate of drug-likeness (QED) is 0.474. The first-order valence-electron chi connectivity index (χ1n) is 9.27. The van der Waals surface area contributed by atoms with Gasteiger partial charge in [0.1, 0.15) is 12.4 Å². The number of esters is 1. The van der Waals surface area contributed by atoms with Gasteiger partial charge in [0.15, 0.2) is 0 Å². The van der Waals surface area contributed by atoms with E-state index in [2.05, 4.69) is 53.7 Å². The number of allylic oxidation sites excluding steroid dienone is 1. The lowest BCUT2D eigenvalue weighted by atomic mass is 9.75. The van der Waals surface area contributed by atoms with Gasteiger partial charge in [-0.1, -0.05) is 42.5 Å².